The highest BCUT2D eigenvalue weighted by Gasteiger charge is 2.22. The molecule has 0 N–H and O–H groups in total. The van der Waals surface area contributed by atoms with Crippen LogP contribution in [-0.4, -0.2) is 43.8 Å². The van der Waals surface area contributed by atoms with Gasteiger partial charge in [-0.25, -0.2) is 4.98 Å². The summed E-state index contributed by atoms with van der Waals surface area (Å²) >= 11 is 8.28. The summed E-state index contributed by atoms with van der Waals surface area (Å²) in [7, 11) is 0. The normalized spacial score (nSPS) is 13.6. The smallest absolute Gasteiger partial charge is 0.278 e. The second-order valence-corrected chi connectivity index (χ2v) is 11.2. The van der Waals surface area contributed by atoms with Gasteiger partial charge in [-0.05, 0) is 67.7 Å². The highest BCUT2D eigenvalue weighted by atomic mass is 32.2. The molecule has 2 aromatic carbocycles. The molecule has 1 amide bonds. The number of amides is 1. The summed E-state index contributed by atoms with van der Waals surface area (Å²) in [6.45, 7) is 5.68. The standard InChI is InChI=1S/C26H26N4O2S3/c1-3-18-10-12-19(13-11-18)29-23-22(35-26(29)33)24(32)30(20-9-5-4-8-17(20)2)25(27-23)34-16-21(31)28-14-6-7-15-28/h4-5,8-13H,3,6-7,14-16H2,1-2H3. The number of hydrogen-bond donors (Lipinski definition) is 0. The number of para-hydroxylation sites is 1. The van der Waals surface area contributed by atoms with E-state index in [9.17, 15) is 9.59 Å². The lowest BCUT2D eigenvalue weighted by Gasteiger charge is -2.17. The van der Waals surface area contributed by atoms with Gasteiger partial charge in [-0.3, -0.25) is 18.7 Å². The Labute approximate surface area is 217 Å². The number of likely N-dealkylation sites (tertiary alicyclic amines) is 1. The number of rotatable bonds is 6. The van der Waals surface area contributed by atoms with Crippen LogP contribution in [0, 0.1) is 10.9 Å². The van der Waals surface area contributed by atoms with E-state index in [0.717, 1.165) is 49.3 Å². The largest absolute Gasteiger partial charge is 0.342 e. The maximum Gasteiger partial charge on any atom is 0.278 e. The Hall–Kier alpha value is -2.75. The summed E-state index contributed by atoms with van der Waals surface area (Å²) in [5.74, 6) is 0.315. The molecule has 0 atom stereocenters. The van der Waals surface area contributed by atoms with Crippen LogP contribution in [-0.2, 0) is 11.2 Å². The number of aromatic nitrogens is 3. The van der Waals surface area contributed by atoms with Crippen molar-refractivity contribution >= 4 is 51.6 Å². The van der Waals surface area contributed by atoms with Gasteiger partial charge in [0.25, 0.3) is 5.56 Å². The molecule has 0 spiro atoms. The third-order valence-corrected chi connectivity index (χ3v) is 8.59. The zero-order valence-corrected chi connectivity index (χ0v) is 22.1. The fraction of sp³-hybridized carbons (Fsp3) is 0.308. The van der Waals surface area contributed by atoms with Crippen LogP contribution in [0.15, 0.2) is 58.5 Å². The second-order valence-electron chi connectivity index (χ2n) is 8.57. The van der Waals surface area contributed by atoms with E-state index in [1.807, 2.05) is 52.8 Å². The number of fused-ring (bicyclic) bond motifs is 1. The lowest BCUT2D eigenvalue weighted by atomic mass is 10.1. The molecule has 3 heterocycles. The van der Waals surface area contributed by atoms with Gasteiger partial charge in [0.15, 0.2) is 14.8 Å². The van der Waals surface area contributed by atoms with Crippen molar-refractivity contribution in [3.8, 4) is 11.4 Å². The molecule has 0 unspecified atom stereocenters. The van der Waals surface area contributed by atoms with Gasteiger partial charge in [-0.2, -0.15) is 0 Å². The van der Waals surface area contributed by atoms with Crippen LogP contribution in [0.25, 0.3) is 21.7 Å². The van der Waals surface area contributed by atoms with Crippen molar-refractivity contribution in [1.29, 1.82) is 0 Å². The first-order chi connectivity index (χ1) is 17.0. The number of thiazole rings is 1. The Morgan fingerprint density at radius 2 is 1.80 bits per heavy atom. The van der Waals surface area contributed by atoms with E-state index in [-0.39, 0.29) is 17.2 Å². The first-order valence-corrected chi connectivity index (χ1v) is 13.9. The van der Waals surface area contributed by atoms with E-state index < -0.39 is 0 Å². The fourth-order valence-corrected chi connectivity index (χ4v) is 6.55. The first kappa shape index (κ1) is 24.0. The Morgan fingerprint density at radius 1 is 1.09 bits per heavy atom. The van der Waals surface area contributed by atoms with E-state index in [1.165, 1.54) is 28.7 Å². The second kappa shape index (κ2) is 10.1. The van der Waals surface area contributed by atoms with E-state index in [4.69, 9.17) is 17.2 Å². The average Bonchev–Trinajstić information content (AvgIpc) is 3.52. The summed E-state index contributed by atoms with van der Waals surface area (Å²) in [5, 5.41) is 0.496. The minimum atomic E-state index is -0.166. The molecule has 1 fully saturated rings. The summed E-state index contributed by atoms with van der Waals surface area (Å²) in [6.07, 6.45) is 3.03. The van der Waals surface area contributed by atoms with E-state index in [1.54, 1.807) is 4.57 Å². The van der Waals surface area contributed by atoms with Crippen molar-refractivity contribution in [2.45, 2.75) is 38.3 Å². The third-order valence-electron chi connectivity index (χ3n) is 6.32. The molecule has 4 aromatic rings. The van der Waals surface area contributed by atoms with Crippen LogP contribution in [0.2, 0.25) is 0 Å². The summed E-state index contributed by atoms with van der Waals surface area (Å²) < 4.78 is 4.58. The van der Waals surface area contributed by atoms with Gasteiger partial charge >= 0.3 is 0 Å². The van der Waals surface area contributed by atoms with Crippen LogP contribution < -0.4 is 5.56 Å². The van der Waals surface area contributed by atoms with Gasteiger partial charge < -0.3 is 4.90 Å². The van der Waals surface area contributed by atoms with E-state index >= 15 is 0 Å². The molecule has 9 heteroatoms. The first-order valence-electron chi connectivity index (χ1n) is 11.7. The lowest BCUT2D eigenvalue weighted by molar-refractivity contribution is -0.127. The minimum Gasteiger partial charge on any atom is -0.342 e. The van der Waals surface area contributed by atoms with Crippen LogP contribution in [0.3, 0.4) is 0 Å². The summed E-state index contributed by atoms with van der Waals surface area (Å²) in [6, 6.07) is 15.9. The van der Waals surface area contributed by atoms with E-state index in [0.29, 0.717) is 19.5 Å². The Kier molecular flexibility index (Phi) is 6.91. The van der Waals surface area contributed by atoms with Crippen LogP contribution in [0.5, 0.6) is 0 Å². The van der Waals surface area contributed by atoms with Gasteiger partial charge in [0.2, 0.25) is 5.91 Å². The molecule has 0 aliphatic carbocycles. The molecule has 1 saturated heterocycles. The van der Waals surface area contributed by atoms with Crippen molar-refractivity contribution in [3.05, 3.63) is 74.0 Å². The highest BCUT2D eigenvalue weighted by molar-refractivity contribution is 7.99. The van der Waals surface area contributed by atoms with Gasteiger partial charge in [0, 0.05) is 18.8 Å². The molecule has 180 valence electrons. The lowest BCUT2D eigenvalue weighted by Crippen LogP contribution is -2.30. The monoisotopic (exact) mass is 522 g/mol. The van der Waals surface area contributed by atoms with Gasteiger partial charge in [-0.1, -0.05) is 60.4 Å². The molecule has 35 heavy (non-hydrogen) atoms. The summed E-state index contributed by atoms with van der Waals surface area (Å²) in [4.78, 5) is 33.5. The molecule has 2 aromatic heterocycles. The number of aryl methyl sites for hydroxylation is 2. The number of carbonyl (C=O) groups excluding carboxylic acids is 1. The molecule has 0 radical (unpaired) electrons. The van der Waals surface area contributed by atoms with Gasteiger partial charge in [-0.15, -0.1) is 0 Å². The average molecular weight is 523 g/mol. The number of benzene rings is 2. The predicted molar refractivity (Wildman–Crippen MR) is 146 cm³/mol. The van der Waals surface area contributed by atoms with Gasteiger partial charge in [0.1, 0.15) is 4.70 Å². The van der Waals surface area contributed by atoms with Crippen LogP contribution in [0.1, 0.15) is 30.9 Å². The molecular formula is C26H26N4O2S3. The van der Waals surface area contributed by atoms with Crippen LogP contribution >= 0.6 is 35.3 Å². The van der Waals surface area contributed by atoms with Gasteiger partial charge in [0.05, 0.1) is 11.4 Å². The number of thioether (sulfide) groups is 1. The molecule has 6 nitrogen and oxygen atoms in total. The molecular weight excluding hydrogens is 497 g/mol. The van der Waals surface area contributed by atoms with Crippen molar-refractivity contribution < 1.29 is 4.79 Å². The molecule has 5 rings (SSSR count). The minimum absolute atomic E-state index is 0.0792. The number of hydrogen-bond acceptors (Lipinski definition) is 6. The molecule has 0 saturated carbocycles. The SMILES string of the molecule is CCc1ccc(-n2c(=S)sc3c(=O)n(-c4ccccc4C)c(SCC(=O)N4CCCC4)nc32)cc1. The Balaban J connectivity index is 1.67. The Morgan fingerprint density at radius 3 is 2.49 bits per heavy atom. The van der Waals surface area contributed by atoms with E-state index in [2.05, 4.69) is 19.1 Å². The Bertz CT molecular complexity index is 1510. The predicted octanol–water partition coefficient (Wildman–Crippen LogP) is 5.55. The topological polar surface area (TPSA) is 60.1 Å². The van der Waals surface area contributed by atoms with Crippen molar-refractivity contribution in [2.24, 2.45) is 0 Å². The fourth-order valence-electron chi connectivity index (χ4n) is 4.35. The van der Waals surface area contributed by atoms with Crippen LogP contribution in [0.4, 0.5) is 0 Å². The maximum absolute atomic E-state index is 13.9. The maximum atomic E-state index is 13.9. The third kappa shape index (κ3) is 4.60. The zero-order valence-electron chi connectivity index (χ0n) is 19.7. The van der Waals surface area contributed by atoms with Crippen molar-refractivity contribution in [2.75, 3.05) is 18.8 Å². The molecule has 0 bridgehead atoms. The quantitative estimate of drug-likeness (QED) is 0.189. The summed E-state index contributed by atoms with van der Waals surface area (Å²) in [5.41, 5.74) is 4.20. The molecule has 1 aliphatic rings. The van der Waals surface area contributed by atoms with Crippen molar-refractivity contribution in [3.63, 3.8) is 0 Å². The number of carbonyl (C=O) groups is 1. The molecule has 1 aliphatic heterocycles. The zero-order chi connectivity index (χ0) is 24.5. The highest BCUT2D eigenvalue weighted by Crippen LogP contribution is 2.28. The number of nitrogens with zero attached hydrogens (tertiary/aromatic N) is 4. The van der Waals surface area contributed by atoms with Crippen molar-refractivity contribution in [1.82, 2.24) is 19.0 Å².